The van der Waals surface area contributed by atoms with E-state index in [-0.39, 0.29) is 24.8 Å². The van der Waals surface area contributed by atoms with Crippen LogP contribution in [0.15, 0.2) is 5.11 Å². The van der Waals surface area contributed by atoms with Crippen molar-refractivity contribution in [2.24, 2.45) is 28.1 Å². The maximum atomic E-state index is 8.26. The maximum absolute atomic E-state index is 8.26. The second-order valence-electron chi connectivity index (χ2n) is 7.95. The molecule has 0 aromatic carbocycles. The maximum Gasteiger partial charge on any atom is 0.475 e. The fourth-order valence-corrected chi connectivity index (χ4v) is 4.83. The molecule has 6 nitrogen and oxygen atoms in total. The zero-order valence-electron chi connectivity index (χ0n) is 13.9. The fourth-order valence-electron chi connectivity index (χ4n) is 4.83. The minimum atomic E-state index is -0.287. The number of unbranched alkanes of at least 4 members (excludes halogenated alkanes) is 1. The van der Waals surface area contributed by atoms with Crippen molar-refractivity contribution in [2.45, 2.75) is 70.5 Å². The summed E-state index contributed by atoms with van der Waals surface area (Å²) in [6.07, 6.45) is 5.19. The van der Waals surface area contributed by atoms with Gasteiger partial charge in [0.1, 0.15) is 0 Å². The molecule has 1 aliphatic heterocycles. The second kappa shape index (κ2) is 5.71. The van der Waals surface area contributed by atoms with Gasteiger partial charge in [-0.15, -0.1) is 0 Å². The van der Waals surface area contributed by atoms with Gasteiger partial charge in [-0.1, -0.05) is 25.4 Å². The number of hydrogen-bond donors (Lipinski definition) is 1. The molecule has 1 saturated heterocycles. The van der Waals surface area contributed by atoms with Crippen LogP contribution in [-0.2, 0) is 9.31 Å². The van der Waals surface area contributed by atoms with E-state index in [1.54, 1.807) is 0 Å². The van der Waals surface area contributed by atoms with Crippen LogP contribution in [-0.4, -0.2) is 31.3 Å². The van der Waals surface area contributed by atoms with Crippen LogP contribution in [0.2, 0.25) is 0 Å². The highest BCUT2D eigenvalue weighted by Gasteiger charge is 2.68. The lowest BCUT2D eigenvalue weighted by Crippen LogP contribution is -2.65. The van der Waals surface area contributed by atoms with Crippen LogP contribution in [0.1, 0.15) is 52.9 Å². The smallest absolute Gasteiger partial charge is 0.404 e. The number of hydrogen-bond acceptors (Lipinski definition) is 4. The molecule has 4 fully saturated rings. The van der Waals surface area contributed by atoms with Gasteiger partial charge in [-0.05, 0) is 55.4 Å². The molecule has 0 radical (unpaired) electrons. The molecule has 0 unspecified atom stereocenters. The molecule has 3 aliphatic carbocycles. The Labute approximate surface area is 132 Å². The zero-order valence-corrected chi connectivity index (χ0v) is 13.9. The zero-order chi connectivity index (χ0) is 16.0. The first-order chi connectivity index (χ1) is 10.4. The quantitative estimate of drug-likeness (QED) is 0.269. The van der Waals surface area contributed by atoms with Gasteiger partial charge in [0.15, 0.2) is 0 Å². The predicted molar refractivity (Wildman–Crippen MR) is 86.0 cm³/mol. The van der Waals surface area contributed by atoms with Crippen molar-refractivity contribution in [3.63, 3.8) is 0 Å². The molecule has 7 heteroatoms. The summed E-state index contributed by atoms with van der Waals surface area (Å²) in [5.41, 5.74) is 14.7. The summed E-state index contributed by atoms with van der Waals surface area (Å²) in [4.78, 5) is 2.76. The Kier molecular flexibility index (Phi) is 4.19. The Morgan fingerprint density at radius 3 is 2.82 bits per heavy atom. The Hall–Kier alpha value is -0.745. The summed E-state index contributed by atoms with van der Waals surface area (Å²) in [5, 5.41) is 3.54. The van der Waals surface area contributed by atoms with Gasteiger partial charge in [-0.25, -0.2) is 0 Å². The van der Waals surface area contributed by atoms with E-state index in [0.717, 1.165) is 31.6 Å². The molecule has 0 spiro atoms. The van der Waals surface area contributed by atoms with Crippen molar-refractivity contribution in [2.75, 3.05) is 6.54 Å². The lowest BCUT2D eigenvalue weighted by Gasteiger charge is -2.64. The summed E-state index contributed by atoms with van der Waals surface area (Å²) < 4.78 is 12.5. The number of rotatable bonds is 6. The van der Waals surface area contributed by atoms with Crippen LogP contribution in [0, 0.1) is 17.3 Å². The van der Waals surface area contributed by atoms with Gasteiger partial charge in [-0.2, -0.15) is 0 Å². The normalized spacial score (nSPS) is 39.6. The molecule has 0 aromatic heterocycles. The van der Waals surface area contributed by atoms with Crippen molar-refractivity contribution >= 4 is 7.12 Å². The van der Waals surface area contributed by atoms with E-state index in [0.29, 0.717) is 17.9 Å². The van der Waals surface area contributed by atoms with Crippen LogP contribution in [0.3, 0.4) is 0 Å². The molecule has 2 N–H and O–H groups in total. The Morgan fingerprint density at radius 1 is 1.36 bits per heavy atom. The van der Waals surface area contributed by atoms with Gasteiger partial charge in [0.25, 0.3) is 0 Å². The molecule has 5 atom stereocenters. The summed E-state index contributed by atoms with van der Waals surface area (Å²) in [6, 6.07) is 0. The average Bonchev–Trinajstić information content (AvgIpc) is 2.83. The molecular weight excluding hydrogens is 279 g/mol. The minimum absolute atomic E-state index is 0.103. The topological polar surface area (TPSA) is 93.2 Å². The van der Waals surface area contributed by atoms with Crippen LogP contribution in [0.4, 0.5) is 0 Å². The van der Waals surface area contributed by atoms with E-state index in [4.69, 9.17) is 20.6 Å². The highest BCUT2D eigenvalue weighted by atomic mass is 16.7. The van der Waals surface area contributed by atoms with Crippen LogP contribution in [0.25, 0.3) is 10.4 Å². The third-order valence-corrected chi connectivity index (χ3v) is 6.43. The lowest BCUT2D eigenvalue weighted by atomic mass is 9.43. The first-order valence-electron chi connectivity index (χ1n) is 8.49. The van der Waals surface area contributed by atoms with E-state index in [1.165, 1.54) is 6.42 Å². The van der Waals surface area contributed by atoms with Crippen LogP contribution in [0.5, 0.6) is 0 Å². The van der Waals surface area contributed by atoms with Gasteiger partial charge in [0.05, 0.1) is 11.7 Å². The van der Waals surface area contributed by atoms with Crippen molar-refractivity contribution in [1.29, 1.82) is 0 Å². The van der Waals surface area contributed by atoms with Crippen molar-refractivity contribution in [1.82, 2.24) is 0 Å². The minimum Gasteiger partial charge on any atom is -0.404 e. The number of nitrogens with zero attached hydrogens (tertiary/aromatic N) is 3. The third-order valence-electron chi connectivity index (χ3n) is 6.43. The van der Waals surface area contributed by atoms with Crippen LogP contribution >= 0.6 is 0 Å². The monoisotopic (exact) mass is 306 g/mol. The Balaban J connectivity index is 1.54. The molecule has 4 aliphatic rings. The van der Waals surface area contributed by atoms with E-state index in [1.807, 2.05) is 0 Å². The molecule has 4 rings (SSSR count). The molecule has 0 amide bonds. The van der Waals surface area contributed by atoms with E-state index < -0.39 is 0 Å². The SMILES string of the molecule is CC1(C)[C@@H]2C[C@H]3OB([C@@H](N)CCCCN=[N+]=[N-])O[C@@]3(C)[C@H]1C2. The summed E-state index contributed by atoms with van der Waals surface area (Å²) >= 11 is 0. The predicted octanol–water partition coefficient (Wildman–Crippen LogP) is 3.06. The summed E-state index contributed by atoms with van der Waals surface area (Å²) in [6.45, 7) is 7.47. The van der Waals surface area contributed by atoms with Gasteiger partial charge in [0.2, 0.25) is 0 Å². The number of azide groups is 1. The number of nitrogens with two attached hydrogens (primary N) is 1. The van der Waals surface area contributed by atoms with Crippen LogP contribution < -0.4 is 5.73 Å². The van der Waals surface area contributed by atoms with Gasteiger partial charge < -0.3 is 15.0 Å². The first kappa shape index (κ1) is 16.1. The fraction of sp³-hybridized carbons (Fsp3) is 1.00. The molecular formula is C15H27BN4O2. The summed E-state index contributed by atoms with van der Waals surface area (Å²) in [5.74, 6) is 1.23. The van der Waals surface area contributed by atoms with E-state index in [9.17, 15) is 0 Å². The molecule has 1 heterocycles. The molecule has 3 saturated carbocycles. The molecule has 122 valence electrons. The summed E-state index contributed by atoms with van der Waals surface area (Å²) in [7, 11) is -0.287. The van der Waals surface area contributed by atoms with Gasteiger partial charge in [-0.3, -0.25) is 0 Å². The largest absolute Gasteiger partial charge is 0.475 e. The molecule has 2 bridgehead atoms. The van der Waals surface area contributed by atoms with Crippen molar-refractivity contribution in [3.8, 4) is 0 Å². The lowest BCUT2D eigenvalue weighted by molar-refractivity contribution is -0.199. The molecule has 22 heavy (non-hydrogen) atoms. The third kappa shape index (κ3) is 2.44. The first-order valence-corrected chi connectivity index (χ1v) is 8.49. The van der Waals surface area contributed by atoms with E-state index >= 15 is 0 Å². The Bertz CT molecular complexity index is 482. The second-order valence-corrected chi connectivity index (χ2v) is 7.95. The van der Waals surface area contributed by atoms with Gasteiger partial charge >= 0.3 is 7.12 Å². The molecule has 0 aromatic rings. The van der Waals surface area contributed by atoms with E-state index in [2.05, 4.69) is 30.8 Å². The Morgan fingerprint density at radius 2 is 2.14 bits per heavy atom. The van der Waals surface area contributed by atoms with Gasteiger partial charge in [0, 0.05) is 17.4 Å². The van der Waals surface area contributed by atoms with Crippen molar-refractivity contribution in [3.05, 3.63) is 10.4 Å². The standard InChI is InChI=1S/C15H27BN4O2/c1-14(2)10-8-11(14)15(3)12(9-10)21-16(22-15)13(17)6-4-5-7-19-20-18/h10-13H,4-9,17H2,1-3H3/t10-,11-,12+,13-,15-/m0/s1. The van der Waals surface area contributed by atoms with Crippen molar-refractivity contribution < 1.29 is 9.31 Å². The average molecular weight is 306 g/mol. The highest BCUT2D eigenvalue weighted by molar-refractivity contribution is 6.47. The highest BCUT2D eigenvalue weighted by Crippen LogP contribution is 2.65.